The zero-order valence-corrected chi connectivity index (χ0v) is 69.9. The van der Waals surface area contributed by atoms with Crippen molar-refractivity contribution in [1.82, 2.24) is 0 Å². The van der Waals surface area contributed by atoms with Gasteiger partial charge in [-0.25, -0.2) is 0 Å². The van der Waals surface area contributed by atoms with E-state index in [4.69, 9.17) is 22.6 Å². The molecule has 3 saturated carbocycles. The second-order valence-corrected chi connectivity index (χ2v) is 46.0. The van der Waals surface area contributed by atoms with E-state index in [1.165, 1.54) is 0 Å². The van der Waals surface area contributed by atoms with Crippen LogP contribution in [0.5, 0.6) is 0 Å². The van der Waals surface area contributed by atoms with E-state index in [0.717, 1.165) is 173 Å². The van der Waals surface area contributed by atoms with Crippen LogP contribution in [0.3, 0.4) is 0 Å². The monoisotopic (exact) mass is 1500 g/mol. The van der Waals surface area contributed by atoms with Gasteiger partial charge in [0, 0.05) is 93.0 Å². The van der Waals surface area contributed by atoms with E-state index in [9.17, 15) is 48.9 Å². The summed E-state index contributed by atoms with van der Waals surface area (Å²) in [5, 5.41) is 31.6. The van der Waals surface area contributed by atoms with E-state index in [2.05, 4.69) is 93.3 Å². The summed E-state index contributed by atoms with van der Waals surface area (Å²) in [6, 6.07) is 0. The van der Waals surface area contributed by atoms with Crippen LogP contribution in [0.4, 0.5) is 0 Å². The normalized spacial score (nSPS) is 22.9. The SMILES string of the molecule is CCC(C)(C)C(=O)CC[C@H]1C(O)CC(=O)C1CCCCCCCCC(=O)OP(P)P.CCC(C)(C)C(=O)CC[C@H]1C(OP)CC(=O)C1CCCCCCCCC(=O)OP(P)P.CCC(C)(C)C(O)CC[C@H]1C(OP)CC(O)C1CCCCCCCCC(=O)OP(P)P. The summed E-state index contributed by atoms with van der Waals surface area (Å²) in [5.41, 5.74) is -0.693. The maximum Gasteiger partial charge on any atom is 0.309 e. The van der Waals surface area contributed by atoms with Gasteiger partial charge in [-0.2, -0.15) is 0 Å². The lowest BCUT2D eigenvalue weighted by atomic mass is 9.78. The third-order valence-electron chi connectivity index (χ3n) is 20.3. The fourth-order valence-corrected chi connectivity index (χ4v) is 16.7. The van der Waals surface area contributed by atoms with E-state index in [1.807, 2.05) is 41.5 Å². The molecule has 92 heavy (non-hydrogen) atoms. The van der Waals surface area contributed by atoms with Crippen molar-refractivity contribution in [3.63, 3.8) is 0 Å². The van der Waals surface area contributed by atoms with Crippen LogP contribution in [0.25, 0.3) is 0 Å². The summed E-state index contributed by atoms with van der Waals surface area (Å²) in [7, 11) is 17.3. The van der Waals surface area contributed by atoms with Crippen molar-refractivity contribution in [2.45, 2.75) is 324 Å². The van der Waals surface area contributed by atoms with Gasteiger partial charge in [-0.15, -0.1) is 0 Å². The van der Waals surface area contributed by atoms with Crippen molar-refractivity contribution in [3.8, 4) is 0 Å². The van der Waals surface area contributed by atoms with E-state index in [0.29, 0.717) is 63.1 Å². The van der Waals surface area contributed by atoms with Gasteiger partial charge in [-0.05, 0) is 113 Å². The number of Topliss-reactive ketones (excluding diaryl/α,β-unsaturated/α-hetero) is 4. The van der Waals surface area contributed by atoms with Crippen LogP contribution in [0.15, 0.2) is 0 Å². The molecule has 3 aliphatic carbocycles. The van der Waals surface area contributed by atoms with Gasteiger partial charge in [0.25, 0.3) is 0 Å². The summed E-state index contributed by atoms with van der Waals surface area (Å²) in [5.74, 6) is 1.18. The summed E-state index contributed by atoms with van der Waals surface area (Å²) in [4.78, 5) is 84.4. The molecule has 0 amide bonds. The Morgan fingerprint density at radius 2 is 0.804 bits per heavy atom. The quantitative estimate of drug-likeness (QED) is 0.0380. The van der Waals surface area contributed by atoms with Crippen LogP contribution in [-0.2, 0) is 56.2 Å². The maximum atomic E-state index is 12.6. The molecule has 3 N–H and O–H groups in total. The van der Waals surface area contributed by atoms with Crippen LogP contribution < -0.4 is 0 Å². The number of aliphatic hydroxyl groups is 3. The molecular weight excluding hydrogens is 1370 g/mol. The molecule has 0 aromatic heterocycles. The van der Waals surface area contributed by atoms with Gasteiger partial charge >= 0.3 is 17.9 Å². The molecule has 0 aromatic rings. The van der Waals surface area contributed by atoms with Crippen LogP contribution in [0, 0.1) is 51.8 Å². The summed E-state index contributed by atoms with van der Waals surface area (Å²) in [6.45, 7) is 18.4. The molecule has 0 radical (unpaired) electrons. The highest BCUT2D eigenvalue weighted by molar-refractivity contribution is 8.42. The fourth-order valence-electron chi connectivity index (χ4n) is 13.0. The van der Waals surface area contributed by atoms with Crippen molar-refractivity contribution in [1.29, 1.82) is 0 Å². The van der Waals surface area contributed by atoms with Crippen LogP contribution in [0.2, 0.25) is 0 Å². The highest BCUT2D eigenvalue weighted by Crippen LogP contribution is 2.55. The van der Waals surface area contributed by atoms with Crippen LogP contribution in [0.1, 0.15) is 293 Å². The molecule has 3 rings (SSSR count). The first-order valence-electron chi connectivity index (χ1n) is 34.7. The standard InChI is InChI=1S/C22H46O5P4.C22H42O5P4.C22H41O5P3/c2*1-4-22(2,3)20(24)14-13-17-16(18(23)15-19(17)26-28)11-9-7-5-6-8-10-12-21(25)27-31(29)30;1-4-22(2,3)20(25)14-13-17-16(18(23)15-19(17)24)11-9-7-5-6-8-10-12-21(26)27-30(28)29/h16-20,23-24H,4-15,28-30H2,1-3H3;16-17,19H,4-15,28-30H2,1-3H3;16-17,19,24H,4-15,28-29H2,1-3H3/t16?,17-,18?,19?,20?;2*16?,17-,19?/m111/s1. The Kier molecular flexibility index (Phi) is 50.7. The lowest BCUT2D eigenvalue weighted by molar-refractivity contribution is -0.134. The molecule has 19 atom stereocenters. The summed E-state index contributed by atoms with van der Waals surface area (Å²) < 4.78 is 26.6. The van der Waals surface area contributed by atoms with Gasteiger partial charge in [0.1, 0.15) is 45.7 Å². The Balaban J connectivity index is 0.000000690. The number of aliphatic hydroxyl groups excluding tert-OH is 3. The van der Waals surface area contributed by atoms with Gasteiger partial charge in [0.05, 0.1) is 30.5 Å². The predicted molar refractivity (Wildman–Crippen MR) is 410 cm³/mol. The fraction of sp³-hybridized carbons (Fsp3) is 0.894. The summed E-state index contributed by atoms with van der Waals surface area (Å²) >= 11 is 0. The van der Waals surface area contributed by atoms with Gasteiger partial charge in [0.15, 0.2) is 0 Å². The third kappa shape index (κ3) is 38.0. The number of ketones is 4. The van der Waals surface area contributed by atoms with Crippen molar-refractivity contribution >= 4 is 136 Å². The molecule has 15 nitrogen and oxygen atoms in total. The third-order valence-corrected chi connectivity index (χ3v) is 24.2. The lowest BCUT2D eigenvalue weighted by Gasteiger charge is -2.32. The highest BCUT2D eigenvalue weighted by Gasteiger charge is 2.45. The Bertz CT molecular complexity index is 2110. The molecule has 0 aliphatic heterocycles. The van der Waals surface area contributed by atoms with Gasteiger partial charge in [0.2, 0.25) is 0 Å². The smallest absolute Gasteiger partial charge is 0.309 e. The van der Waals surface area contributed by atoms with Crippen LogP contribution >= 0.6 is 95.1 Å². The highest BCUT2D eigenvalue weighted by atomic mass is 32.4. The number of hydrogen-bond acceptors (Lipinski definition) is 15. The molecule has 538 valence electrons. The summed E-state index contributed by atoms with van der Waals surface area (Å²) in [6.07, 6.45) is 29.7. The van der Waals surface area contributed by atoms with E-state index in [1.54, 1.807) is 0 Å². The number of unbranched alkanes of at least 4 members (excludes halogenated alkanes) is 15. The molecule has 3 aliphatic rings. The largest absolute Gasteiger partial charge is 0.437 e. The van der Waals surface area contributed by atoms with E-state index in [-0.39, 0.29) is 112 Å². The topological polar surface area (TPSA) is 226 Å². The first kappa shape index (κ1) is 91.6. The van der Waals surface area contributed by atoms with Gasteiger partial charge < -0.3 is 37.9 Å². The van der Waals surface area contributed by atoms with Crippen LogP contribution in [-0.4, -0.2) is 86.9 Å². The van der Waals surface area contributed by atoms with Crippen molar-refractivity contribution in [2.24, 2.45) is 51.8 Å². The van der Waals surface area contributed by atoms with E-state index >= 15 is 0 Å². The lowest BCUT2D eigenvalue weighted by Crippen LogP contribution is -2.31. The minimum Gasteiger partial charge on any atom is -0.437 e. The first-order chi connectivity index (χ1) is 43.3. The molecule has 3 fully saturated rings. The molecular formula is C66H129O15P11. The van der Waals surface area contributed by atoms with Gasteiger partial charge in [-0.1, -0.05) is 212 Å². The van der Waals surface area contributed by atoms with Gasteiger partial charge in [-0.3, -0.25) is 33.6 Å². The molecule has 0 spiro atoms. The molecule has 0 bridgehead atoms. The number of carbonyl (C=O) groups is 7. The molecule has 26 heteroatoms. The first-order valence-corrected chi connectivity index (χ1v) is 49.1. The zero-order chi connectivity index (χ0) is 69.6. The van der Waals surface area contributed by atoms with Crippen molar-refractivity contribution in [2.75, 3.05) is 0 Å². The average Bonchev–Trinajstić information content (AvgIpc) is 1.73. The predicted octanol–water partition coefficient (Wildman–Crippen LogP) is 19.1. The second kappa shape index (κ2) is 50.9. The molecule has 0 saturated heterocycles. The Morgan fingerprint density at radius 1 is 0.446 bits per heavy atom. The van der Waals surface area contributed by atoms with Crippen molar-refractivity contribution in [3.05, 3.63) is 0 Å². The average molecular weight is 1500 g/mol. The molecule has 16 unspecified atom stereocenters. The number of rotatable bonds is 47. The number of carbonyl (C=O) groups excluding carboxylic acids is 7. The minimum atomic E-state index is -0.782. The van der Waals surface area contributed by atoms with Crippen molar-refractivity contribution < 1.29 is 71.5 Å². The zero-order valence-electron chi connectivity index (χ0n) is 58.0. The molecule has 0 aromatic carbocycles. The minimum absolute atomic E-state index is 0.0200. The number of hydrogen-bond donors (Lipinski definition) is 3. The maximum absolute atomic E-state index is 12.6. The van der Waals surface area contributed by atoms with E-state index < -0.39 is 28.7 Å². The second-order valence-electron chi connectivity index (χ2n) is 28.2. The Morgan fingerprint density at radius 3 is 1.18 bits per heavy atom. The molecule has 0 heterocycles. The Hall–Kier alpha value is 1.62. The Labute approximate surface area is 579 Å².